The molecule has 1 amide bonds. The van der Waals surface area contributed by atoms with Crippen LogP contribution in [0.3, 0.4) is 0 Å². The van der Waals surface area contributed by atoms with Crippen molar-refractivity contribution in [3.8, 4) is 0 Å². The zero-order valence-electron chi connectivity index (χ0n) is 9.54. The summed E-state index contributed by atoms with van der Waals surface area (Å²) in [5.41, 5.74) is 0. The van der Waals surface area contributed by atoms with Gasteiger partial charge in [-0.15, -0.1) is 0 Å². The number of hydrogen-bond acceptors (Lipinski definition) is 4. The SMILES string of the molecule is COC(=O)NCCC(C)OCCC(C)=O. The highest BCUT2D eigenvalue weighted by molar-refractivity contribution is 5.75. The molecule has 0 radical (unpaired) electrons. The number of ketones is 1. The maximum Gasteiger partial charge on any atom is 0.406 e. The number of amides is 1. The molecule has 0 aromatic rings. The second-order valence-corrected chi connectivity index (χ2v) is 3.34. The van der Waals surface area contributed by atoms with Gasteiger partial charge < -0.3 is 14.8 Å². The second kappa shape index (κ2) is 8.23. The molecule has 0 bridgehead atoms. The Labute approximate surface area is 90.1 Å². The van der Waals surface area contributed by atoms with Crippen LogP contribution in [0.5, 0.6) is 0 Å². The molecule has 0 aliphatic heterocycles. The summed E-state index contributed by atoms with van der Waals surface area (Å²) < 4.78 is 9.76. The first kappa shape index (κ1) is 13.9. The van der Waals surface area contributed by atoms with Crippen molar-refractivity contribution in [1.29, 1.82) is 0 Å². The van der Waals surface area contributed by atoms with Crippen LogP contribution in [0.1, 0.15) is 26.7 Å². The number of Topliss-reactive ketones (excluding diaryl/α,β-unsaturated/α-hetero) is 1. The van der Waals surface area contributed by atoms with Gasteiger partial charge in [-0.2, -0.15) is 0 Å². The van der Waals surface area contributed by atoms with Gasteiger partial charge in [0, 0.05) is 13.0 Å². The summed E-state index contributed by atoms with van der Waals surface area (Å²) in [5.74, 6) is 0.120. The van der Waals surface area contributed by atoms with Gasteiger partial charge in [0.05, 0.1) is 19.8 Å². The molecule has 15 heavy (non-hydrogen) atoms. The summed E-state index contributed by atoms with van der Waals surface area (Å²) in [5, 5.41) is 2.55. The van der Waals surface area contributed by atoms with E-state index < -0.39 is 6.09 Å². The molecule has 0 aliphatic rings. The highest BCUT2D eigenvalue weighted by atomic mass is 16.5. The van der Waals surface area contributed by atoms with Gasteiger partial charge in [0.25, 0.3) is 0 Å². The van der Waals surface area contributed by atoms with Crippen molar-refractivity contribution in [1.82, 2.24) is 5.32 Å². The third kappa shape index (κ3) is 9.21. The van der Waals surface area contributed by atoms with E-state index in [1.54, 1.807) is 0 Å². The van der Waals surface area contributed by atoms with E-state index in [-0.39, 0.29) is 11.9 Å². The summed E-state index contributed by atoms with van der Waals surface area (Å²) in [6, 6.07) is 0. The maximum atomic E-state index is 10.7. The summed E-state index contributed by atoms with van der Waals surface area (Å²) in [7, 11) is 1.32. The van der Waals surface area contributed by atoms with Crippen molar-refractivity contribution in [2.24, 2.45) is 0 Å². The van der Waals surface area contributed by atoms with E-state index in [0.29, 0.717) is 26.0 Å². The van der Waals surface area contributed by atoms with E-state index >= 15 is 0 Å². The third-order valence-electron chi connectivity index (χ3n) is 1.86. The minimum absolute atomic E-state index is 0.0292. The lowest BCUT2D eigenvalue weighted by Gasteiger charge is -2.12. The van der Waals surface area contributed by atoms with Crippen LogP contribution in [-0.4, -0.2) is 38.2 Å². The molecule has 0 heterocycles. The normalized spacial score (nSPS) is 11.9. The first-order valence-electron chi connectivity index (χ1n) is 4.99. The number of rotatable bonds is 7. The predicted molar refractivity (Wildman–Crippen MR) is 55.7 cm³/mol. The van der Waals surface area contributed by atoms with Crippen LogP contribution in [0.2, 0.25) is 0 Å². The number of ether oxygens (including phenoxy) is 2. The quantitative estimate of drug-likeness (QED) is 0.694. The average molecular weight is 217 g/mol. The lowest BCUT2D eigenvalue weighted by atomic mass is 10.3. The Morgan fingerprint density at radius 3 is 2.60 bits per heavy atom. The minimum Gasteiger partial charge on any atom is -0.453 e. The Morgan fingerprint density at radius 1 is 1.40 bits per heavy atom. The van der Waals surface area contributed by atoms with Crippen LogP contribution in [0, 0.1) is 0 Å². The largest absolute Gasteiger partial charge is 0.453 e. The zero-order valence-corrected chi connectivity index (χ0v) is 9.54. The number of nitrogens with one attached hydrogen (secondary N) is 1. The summed E-state index contributed by atoms with van der Waals surface area (Å²) in [6.45, 7) is 4.38. The standard InChI is InChI=1S/C10H19NO4/c1-8(12)5-7-15-9(2)4-6-11-10(13)14-3/h9H,4-7H2,1-3H3,(H,11,13). The van der Waals surface area contributed by atoms with Crippen LogP contribution in [-0.2, 0) is 14.3 Å². The van der Waals surface area contributed by atoms with Crippen molar-refractivity contribution in [3.63, 3.8) is 0 Å². The molecule has 0 spiro atoms. The molecule has 0 fully saturated rings. The Morgan fingerprint density at radius 2 is 2.07 bits per heavy atom. The Balaban J connectivity index is 3.37. The fourth-order valence-corrected chi connectivity index (χ4v) is 0.937. The fraction of sp³-hybridized carbons (Fsp3) is 0.800. The Kier molecular flexibility index (Phi) is 7.62. The van der Waals surface area contributed by atoms with Crippen molar-refractivity contribution in [2.75, 3.05) is 20.3 Å². The topological polar surface area (TPSA) is 64.6 Å². The van der Waals surface area contributed by atoms with E-state index in [9.17, 15) is 9.59 Å². The second-order valence-electron chi connectivity index (χ2n) is 3.34. The summed E-state index contributed by atoms with van der Waals surface area (Å²) in [4.78, 5) is 21.3. The van der Waals surface area contributed by atoms with Gasteiger partial charge in [-0.3, -0.25) is 4.79 Å². The summed E-state index contributed by atoms with van der Waals surface area (Å²) in [6.07, 6.45) is 0.731. The fourth-order valence-electron chi connectivity index (χ4n) is 0.937. The smallest absolute Gasteiger partial charge is 0.406 e. The molecule has 0 rings (SSSR count). The van der Waals surface area contributed by atoms with Crippen molar-refractivity contribution in [3.05, 3.63) is 0 Å². The van der Waals surface area contributed by atoms with Gasteiger partial charge in [-0.05, 0) is 20.3 Å². The lowest BCUT2D eigenvalue weighted by molar-refractivity contribution is -0.118. The van der Waals surface area contributed by atoms with Gasteiger partial charge >= 0.3 is 6.09 Å². The maximum absolute atomic E-state index is 10.7. The molecule has 0 aromatic carbocycles. The molecule has 1 atom stereocenters. The Bertz CT molecular complexity index is 206. The number of methoxy groups -OCH3 is 1. The third-order valence-corrected chi connectivity index (χ3v) is 1.86. The molecular formula is C10H19NO4. The monoisotopic (exact) mass is 217 g/mol. The van der Waals surface area contributed by atoms with E-state index in [1.165, 1.54) is 14.0 Å². The zero-order chi connectivity index (χ0) is 11.7. The molecule has 0 saturated heterocycles. The predicted octanol–water partition coefficient (Wildman–Crippen LogP) is 1.12. The van der Waals surface area contributed by atoms with Crippen molar-refractivity contribution < 1.29 is 19.1 Å². The number of carbonyl (C=O) groups excluding carboxylic acids is 2. The molecule has 5 heteroatoms. The van der Waals surface area contributed by atoms with Gasteiger partial charge in [0.15, 0.2) is 0 Å². The average Bonchev–Trinajstić information content (AvgIpc) is 2.17. The van der Waals surface area contributed by atoms with Gasteiger partial charge in [0.2, 0.25) is 0 Å². The number of carbonyl (C=O) groups is 2. The van der Waals surface area contributed by atoms with Crippen LogP contribution < -0.4 is 5.32 Å². The number of alkyl carbamates (subject to hydrolysis) is 1. The summed E-state index contributed by atoms with van der Waals surface area (Å²) >= 11 is 0. The molecule has 5 nitrogen and oxygen atoms in total. The van der Waals surface area contributed by atoms with E-state index in [1.807, 2.05) is 6.92 Å². The molecule has 0 saturated carbocycles. The lowest BCUT2D eigenvalue weighted by Crippen LogP contribution is -2.27. The highest BCUT2D eigenvalue weighted by Gasteiger charge is 2.04. The van der Waals surface area contributed by atoms with Gasteiger partial charge in [0.1, 0.15) is 5.78 Å². The molecule has 1 N–H and O–H groups in total. The van der Waals surface area contributed by atoms with E-state index in [2.05, 4.69) is 10.1 Å². The molecule has 88 valence electrons. The van der Waals surface area contributed by atoms with Crippen LogP contribution in [0.15, 0.2) is 0 Å². The van der Waals surface area contributed by atoms with Crippen molar-refractivity contribution >= 4 is 11.9 Å². The molecular weight excluding hydrogens is 198 g/mol. The van der Waals surface area contributed by atoms with E-state index in [0.717, 1.165) is 0 Å². The number of hydrogen-bond donors (Lipinski definition) is 1. The van der Waals surface area contributed by atoms with Gasteiger partial charge in [-0.25, -0.2) is 4.79 Å². The van der Waals surface area contributed by atoms with E-state index in [4.69, 9.17) is 4.74 Å². The van der Waals surface area contributed by atoms with Crippen molar-refractivity contribution in [2.45, 2.75) is 32.8 Å². The minimum atomic E-state index is -0.439. The Hall–Kier alpha value is -1.10. The van der Waals surface area contributed by atoms with Crippen LogP contribution in [0.4, 0.5) is 4.79 Å². The van der Waals surface area contributed by atoms with Crippen LogP contribution >= 0.6 is 0 Å². The van der Waals surface area contributed by atoms with Crippen LogP contribution in [0.25, 0.3) is 0 Å². The molecule has 0 aromatic heterocycles. The highest BCUT2D eigenvalue weighted by Crippen LogP contribution is 1.97. The molecule has 1 unspecified atom stereocenters. The first-order valence-corrected chi connectivity index (χ1v) is 4.99. The first-order chi connectivity index (χ1) is 7.06. The van der Waals surface area contributed by atoms with Gasteiger partial charge in [-0.1, -0.05) is 0 Å². The molecule has 0 aliphatic carbocycles.